The summed E-state index contributed by atoms with van der Waals surface area (Å²) in [5.74, 6) is 1.84. The number of benzene rings is 1. The van der Waals surface area contributed by atoms with Crippen LogP contribution in [0.15, 0.2) is 48.9 Å². The third-order valence-corrected chi connectivity index (χ3v) is 5.91. The maximum atomic E-state index is 12.9. The van der Waals surface area contributed by atoms with E-state index in [1.54, 1.807) is 6.33 Å². The van der Waals surface area contributed by atoms with Crippen molar-refractivity contribution in [3.8, 4) is 5.69 Å². The van der Waals surface area contributed by atoms with Crippen molar-refractivity contribution in [2.45, 2.75) is 19.3 Å². The van der Waals surface area contributed by atoms with Gasteiger partial charge in [0.05, 0.1) is 11.9 Å². The molecule has 0 aliphatic carbocycles. The molecule has 2 saturated heterocycles. The number of hydrogen-bond donors (Lipinski definition) is 0. The molecule has 9 nitrogen and oxygen atoms in total. The first-order valence-electron chi connectivity index (χ1n) is 10.9. The van der Waals surface area contributed by atoms with Crippen molar-refractivity contribution in [2.75, 3.05) is 49.1 Å². The number of piperidine rings is 1. The number of hydrogen-bond acceptors (Lipinski definition) is 7. The van der Waals surface area contributed by atoms with Crippen LogP contribution in [-0.2, 0) is 0 Å². The first-order valence-corrected chi connectivity index (χ1v) is 10.9. The van der Waals surface area contributed by atoms with E-state index in [1.165, 1.54) is 30.3 Å². The topological polar surface area (TPSA) is 83.3 Å². The van der Waals surface area contributed by atoms with Gasteiger partial charge in [0.15, 0.2) is 5.69 Å². The van der Waals surface area contributed by atoms with E-state index in [2.05, 4.69) is 36.0 Å². The molecule has 2 fully saturated rings. The highest BCUT2D eigenvalue weighted by Crippen LogP contribution is 2.22. The molecule has 3 aromatic rings. The monoisotopic (exact) mass is 418 g/mol. The molecule has 0 radical (unpaired) electrons. The lowest BCUT2D eigenvalue weighted by atomic mass is 10.1. The number of piperazine rings is 1. The third-order valence-electron chi connectivity index (χ3n) is 5.91. The summed E-state index contributed by atoms with van der Waals surface area (Å²) in [5, 5.41) is 8.62. The molecule has 5 rings (SSSR count). The molecule has 0 unspecified atom stereocenters. The van der Waals surface area contributed by atoms with Crippen molar-refractivity contribution >= 4 is 17.5 Å². The van der Waals surface area contributed by atoms with Gasteiger partial charge in [0, 0.05) is 45.3 Å². The summed E-state index contributed by atoms with van der Waals surface area (Å²) in [4.78, 5) is 29.8. The molecule has 1 aromatic carbocycles. The van der Waals surface area contributed by atoms with Crippen LogP contribution in [0, 0.1) is 0 Å². The second-order valence-electron chi connectivity index (χ2n) is 7.92. The van der Waals surface area contributed by atoms with Gasteiger partial charge in [0.1, 0.15) is 18.0 Å². The van der Waals surface area contributed by atoms with Crippen molar-refractivity contribution in [1.82, 2.24) is 29.9 Å². The van der Waals surface area contributed by atoms with Crippen molar-refractivity contribution in [3.05, 3.63) is 54.6 Å². The fraction of sp³-hybridized carbons (Fsp3) is 0.409. The minimum Gasteiger partial charge on any atom is -0.356 e. The van der Waals surface area contributed by atoms with Gasteiger partial charge in [-0.15, -0.1) is 5.10 Å². The molecule has 2 aliphatic heterocycles. The Balaban J connectivity index is 1.22. The van der Waals surface area contributed by atoms with Gasteiger partial charge in [-0.3, -0.25) is 4.79 Å². The Morgan fingerprint density at radius 1 is 0.806 bits per heavy atom. The molecule has 2 aromatic heterocycles. The number of anilines is 2. The van der Waals surface area contributed by atoms with Crippen LogP contribution in [0.3, 0.4) is 0 Å². The number of amides is 1. The predicted octanol–water partition coefficient (Wildman–Crippen LogP) is 2.01. The Bertz CT molecular complexity index is 1020. The summed E-state index contributed by atoms with van der Waals surface area (Å²) in [5.41, 5.74) is 1.20. The first-order chi connectivity index (χ1) is 15.3. The lowest BCUT2D eigenvalue weighted by Gasteiger charge is -2.35. The van der Waals surface area contributed by atoms with Gasteiger partial charge < -0.3 is 14.7 Å². The van der Waals surface area contributed by atoms with E-state index < -0.39 is 0 Å². The number of nitrogens with zero attached hydrogens (tertiary/aromatic N) is 8. The Labute approximate surface area is 181 Å². The summed E-state index contributed by atoms with van der Waals surface area (Å²) < 4.78 is 0. The molecule has 31 heavy (non-hydrogen) atoms. The third kappa shape index (κ3) is 4.21. The molecule has 0 atom stereocenters. The predicted molar refractivity (Wildman–Crippen MR) is 118 cm³/mol. The zero-order valence-electron chi connectivity index (χ0n) is 17.5. The average molecular weight is 419 g/mol. The molecule has 0 saturated carbocycles. The summed E-state index contributed by atoms with van der Waals surface area (Å²) in [6, 6.07) is 11.7. The second kappa shape index (κ2) is 8.71. The largest absolute Gasteiger partial charge is 0.356 e. The first kappa shape index (κ1) is 19.5. The standard InChI is InChI=1S/C22H26N8O/c31-22(19-16-25-30(26-19)18-7-3-1-4-8-18)29-13-11-28(12-14-29)21-15-20(23-17-24-21)27-9-5-2-6-10-27/h1,3-4,7-8,15-17H,2,5-6,9-14H2. The van der Waals surface area contributed by atoms with E-state index in [-0.39, 0.29) is 5.91 Å². The molecule has 1 amide bonds. The molecule has 160 valence electrons. The maximum absolute atomic E-state index is 12.9. The van der Waals surface area contributed by atoms with Crippen LogP contribution in [0.5, 0.6) is 0 Å². The molecule has 4 heterocycles. The fourth-order valence-electron chi connectivity index (χ4n) is 4.15. The van der Waals surface area contributed by atoms with Crippen molar-refractivity contribution in [2.24, 2.45) is 0 Å². The Kier molecular flexibility index (Phi) is 5.47. The average Bonchev–Trinajstić information content (AvgIpc) is 3.35. The van der Waals surface area contributed by atoms with Gasteiger partial charge in [-0.2, -0.15) is 9.90 Å². The van der Waals surface area contributed by atoms with Crippen LogP contribution < -0.4 is 9.80 Å². The summed E-state index contributed by atoms with van der Waals surface area (Å²) in [7, 11) is 0. The van der Waals surface area contributed by atoms with Crippen LogP contribution in [-0.4, -0.2) is 75.0 Å². The highest BCUT2D eigenvalue weighted by atomic mass is 16.2. The number of carbonyl (C=O) groups excluding carboxylic acids is 1. The lowest BCUT2D eigenvalue weighted by molar-refractivity contribution is 0.0740. The van der Waals surface area contributed by atoms with E-state index in [9.17, 15) is 4.79 Å². The second-order valence-corrected chi connectivity index (χ2v) is 7.92. The number of carbonyl (C=O) groups is 1. The van der Waals surface area contributed by atoms with Gasteiger partial charge >= 0.3 is 0 Å². The van der Waals surface area contributed by atoms with Crippen LogP contribution in [0.4, 0.5) is 11.6 Å². The quantitative estimate of drug-likeness (QED) is 0.641. The van der Waals surface area contributed by atoms with Crippen molar-refractivity contribution in [3.63, 3.8) is 0 Å². The van der Waals surface area contributed by atoms with Crippen LogP contribution in [0.25, 0.3) is 5.69 Å². The highest BCUT2D eigenvalue weighted by Gasteiger charge is 2.25. The maximum Gasteiger partial charge on any atom is 0.276 e. The normalized spacial score (nSPS) is 17.1. The van der Waals surface area contributed by atoms with Gasteiger partial charge in [0.2, 0.25) is 0 Å². The van der Waals surface area contributed by atoms with Crippen LogP contribution in [0.2, 0.25) is 0 Å². The van der Waals surface area contributed by atoms with Crippen LogP contribution in [0.1, 0.15) is 29.8 Å². The number of rotatable bonds is 4. The highest BCUT2D eigenvalue weighted by molar-refractivity contribution is 5.92. The molecule has 0 spiro atoms. The van der Waals surface area contributed by atoms with Crippen molar-refractivity contribution in [1.29, 1.82) is 0 Å². The fourth-order valence-corrected chi connectivity index (χ4v) is 4.15. The molecule has 2 aliphatic rings. The molecule has 0 bridgehead atoms. The van der Waals surface area contributed by atoms with Gasteiger partial charge in [-0.1, -0.05) is 18.2 Å². The minimum absolute atomic E-state index is 0.0847. The Hall–Kier alpha value is -3.49. The molecule has 0 N–H and O–H groups in total. The summed E-state index contributed by atoms with van der Waals surface area (Å²) in [6.07, 6.45) is 6.92. The summed E-state index contributed by atoms with van der Waals surface area (Å²) >= 11 is 0. The number of aromatic nitrogens is 5. The molecule has 9 heteroatoms. The smallest absolute Gasteiger partial charge is 0.276 e. The van der Waals surface area contributed by atoms with Crippen molar-refractivity contribution < 1.29 is 4.79 Å². The summed E-state index contributed by atoms with van der Waals surface area (Å²) in [6.45, 7) is 4.83. The molecular formula is C22H26N8O. The van der Waals surface area contributed by atoms with Crippen LogP contribution >= 0.6 is 0 Å². The zero-order chi connectivity index (χ0) is 21.0. The van der Waals surface area contributed by atoms with E-state index >= 15 is 0 Å². The van der Waals surface area contributed by atoms with Gasteiger partial charge in [-0.25, -0.2) is 9.97 Å². The molecular weight excluding hydrogens is 392 g/mol. The van der Waals surface area contributed by atoms with E-state index in [4.69, 9.17) is 0 Å². The van der Waals surface area contributed by atoms with Gasteiger partial charge in [0.25, 0.3) is 5.91 Å². The van der Waals surface area contributed by atoms with E-state index in [0.29, 0.717) is 18.8 Å². The SMILES string of the molecule is O=C(c1cnn(-c2ccccc2)n1)N1CCN(c2cc(N3CCCCC3)ncn2)CC1. The number of para-hydroxylation sites is 1. The van der Waals surface area contributed by atoms with Gasteiger partial charge in [-0.05, 0) is 31.4 Å². The van der Waals surface area contributed by atoms with E-state index in [0.717, 1.165) is 43.5 Å². The lowest BCUT2D eigenvalue weighted by Crippen LogP contribution is -2.49. The Morgan fingerprint density at radius 3 is 2.19 bits per heavy atom. The zero-order valence-corrected chi connectivity index (χ0v) is 17.5. The van der Waals surface area contributed by atoms with E-state index in [1.807, 2.05) is 35.2 Å². The Morgan fingerprint density at radius 2 is 1.48 bits per heavy atom. The minimum atomic E-state index is -0.0847.